The Balaban J connectivity index is 2.50. The van der Waals surface area contributed by atoms with E-state index in [0.29, 0.717) is 5.92 Å². The summed E-state index contributed by atoms with van der Waals surface area (Å²) in [5.41, 5.74) is 10.9. The Kier molecular flexibility index (Phi) is 3.63. The number of aromatic nitrogens is 2. The van der Waals surface area contributed by atoms with Crippen LogP contribution in [0, 0.1) is 0 Å². The van der Waals surface area contributed by atoms with Gasteiger partial charge in [-0.1, -0.05) is 58.9 Å². The molecule has 1 heterocycles. The molecule has 1 aromatic heterocycles. The van der Waals surface area contributed by atoms with Crippen LogP contribution in [0.1, 0.15) is 51.7 Å². The zero-order valence-corrected chi connectivity index (χ0v) is 13.4. The summed E-state index contributed by atoms with van der Waals surface area (Å²) in [7, 11) is 1.90. The molecule has 0 radical (unpaired) electrons. The summed E-state index contributed by atoms with van der Waals surface area (Å²) in [5.74, 6) is 1.12. The fourth-order valence-electron chi connectivity index (χ4n) is 2.46. The summed E-state index contributed by atoms with van der Waals surface area (Å²) in [5, 5.41) is 4.59. The smallest absolute Gasteiger partial charge is 0.125 e. The molecule has 2 rings (SSSR count). The molecular formula is C17H25N3. The van der Waals surface area contributed by atoms with Crippen LogP contribution in [0.5, 0.6) is 0 Å². The molecule has 3 heteroatoms. The van der Waals surface area contributed by atoms with E-state index in [2.05, 4.69) is 64.0 Å². The van der Waals surface area contributed by atoms with Crippen LogP contribution < -0.4 is 5.73 Å². The van der Waals surface area contributed by atoms with E-state index in [-0.39, 0.29) is 5.41 Å². The fourth-order valence-corrected chi connectivity index (χ4v) is 2.46. The lowest BCUT2D eigenvalue weighted by molar-refractivity contribution is 0.590. The average molecular weight is 271 g/mol. The van der Waals surface area contributed by atoms with Gasteiger partial charge < -0.3 is 5.73 Å². The second kappa shape index (κ2) is 4.97. The zero-order valence-electron chi connectivity index (χ0n) is 13.4. The predicted octanol–water partition coefficient (Wildman–Crippen LogP) is 4.09. The van der Waals surface area contributed by atoms with Crippen LogP contribution in [0.15, 0.2) is 24.3 Å². The van der Waals surface area contributed by atoms with E-state index in [0.717, 1.165) is 22.6 Å². The Bertz CT molecular complexity index is 598. The maximum atomic E-state index is 6.14. The highest BCUT2D eigenvalue weighted by atomic mass is 15.3. The molecule has 0 aliphatic rings. The Morgan fingerprint density at radius 2 is 1.65 bits per heavy atom. The van der Waals surface area contributed by atoms with E-state index < -0.39 is 0 Å². The van der Waals surface area contributed by atoms with E-state index >= 15 is 0 Å². The standard InChI is InChI=1S/C17H25N3/c1-11(2)14-15(19-20(6)16(14)18)12-7-9-13(10-8-12)17(3,4)5/h7-11H,18H2,1-6H3. The lowest BCUT2D eigenvalue weighted by atomic mass is 9.86. The molecule has 2 N–H and O–H groups in total. The van der Waals surface area contributed by atoms with Crippen molar-refractivity contribution in [1.82, 2.24) is 9.78 Å². The first kappa shape index (κ1) is 14.6. The molecule has 0 amide bonds. The lowest BCUT2D eigenvalue weighted by Crippen LogP contribution is -2.10. The molecular weight excluding hydrogens is 246 g/mol. The van der Waals surface area contributed by atoms with Crippen molar-refractivity contribution < 1.29 is 0 Å². The molecule has 0 unspecified atom stereocenters. The number of aryl methyl sites for hydroxylation is 1. The number of hydrogen-bond acceptors (Lipinski definition) is 2. The monoisotopic (exact) mass is 271 g/mol. The molecule has 0 spiro atoms. The van der Waals surface area contributed by atoms with Gasteiger partial charge in [0.25, 0.3) is 0 Å². The molecule has 2 aromatic rings. The molecule has 0 fully saturated rings. The predicted molar refractivity (Wildman–Crippen MR) is 85.8 cm³/mol. The normalized spacial score (nSPS) is 12.2. The van der Waals surface area contributed by atoms with Gasteiger partial charge in [0.05, 0.1) is 5.69 Å². The van der Waals surface area contributed by atoms with Crippen LogP contribution in [0.25, 0.3) is 11.3 Å². The van der Waals surface area contributed by atoms with E-state index in [9.17, 15) is 0 Å². The van der Waals surface area contributed by atoms with Crippen molar-refractivity contribution in [2.24, 2.45) is 7.05 Å². The van der Waals surface area contributed by atoms with Gasteiger partial charge in [0.15, 0.2) is 0 Å². The van der Waals surface area contributed by atoms with Gasteiger partial charge in [-0.05, 0) is 16.9 Å². The van der Waals surface area contributed by atoms with Crippen LogP contribution >= 0.6 is 0 Å². The maximum Gasteiger partial charge on any atom is 0.125 e. The van der Waals surface area contributed by atoms with Crippen molar-refractivity contribution in [3.8, 4) is 11.3 Å². The van der Waals surface area contributed by atoms with Crippen molar-refractivity contribution in [2.45, 2.75) is 46.0 Å². The third kappa shape index (κ3) is 2.58. The SMILES string of the molecule is CC(C)c1c(-c2ccc(C(C)(C)C)cc2)nn(C)c1N. The van der Waals surface area contributed by atoms with Crippen molar-refractivity contribution in [3.05, 3.63) is 35.4 Å². The van der Waals surface area contributed by atoms with Crippen LogP contribution in [0.4, 0.5) is 5.82 Å². The number of nitrogens with two attached hydrogens (primary N) is 1. The minimum absolute atomic E-state index is 0.169. The Labute approximate surface area is 121 Å². The van der Waals surface area contributed by atoms with Crippen LogP contribution in [-0.2, 0) is 12.5 Å². The highest BCUT2D eigenvalue weighted by Crippen LogP contribution is 2.33. The van der Waals surface area contributed by atoms with Crippen LogP contribution in [0.2, 0.25) is 0 Å². The quantitative estimate of drug-likeness (QED) is 0.894. The van der Waals surface area contributed by atoms with Crippen LogP contribution in [-0.4, -0.2) is 9.78 Å². The topological polar surface area (TPSA) is 43.8 Å². The minimum Gasteiger partial charge on any atom is -0.384 e. The second-order valence-corrected chi connectivity index (χ2v) is 6.75. The summed E-state index contributed by atoms with van der Waals surface area (Å²) in [6.07, 6.45) is 0. The Morgan fingerprint density at radius 1 is 1.10 bits per heavy atom. The number of hydrogen-bond donors (Lipinski definition) is 1. The maximum absolute atomic E-state index is 6.14. The third-order valence-electron chi connectivity index (χ3n) is 3.73. The largest absolute Gasteiger partial charge is 0.384 e. The molecule has 0 saturated heterocycles. The van der Waals surface area contributed by atoms with Crippen LogP contribution in [0.3, 0.4) is 0 Å². The van der Waals surface area contributed by atoms with Gasteiger partial charge in [0.2, 0.25) is 0 Å². The Morgan fingerprint density at radius 3 is 2.10 bits per heavy atom. The van der Waals surface area contributed by atoms with Gasteiger partial charge in [-0.25, -0.2) is 0 Å². The molecule has 1 aromatic carbocycles. The number of nitrogens with zero attached hydrogens (tertiary/aromatic N) is 2. The van der Waals surface area contributed by atoms with E-state index in [1.165, 1.54) is 5.56 Å². The number of anilines is 1. The highest BCUT2D eigenvalue weighted by molar-refractivity contribution is 5.69. The van der Waals surface area contributed by atoms with Crippen molar-refractivity contribution in [2.75, 3.05) is 5.73 Å². The molecule has 0 bridgehead atoms. The van der Waals surface area contributed by atoms with Gasteiger partial charge in [-0.3, -0.25) is 4.68 Å². The molecule has 0 aliphatic heterocycles. The highest BCUT2D eigenvalue weighted by Gasteiger charge is 2.19. The third-order valence-corrected chi connectivity index (χ3v) is 3.73. The molecule has 0 saturated carbocycles. The average Bonchev–Trinajstić information content (AvgIpc) is 2.65. The molecule has 108 valence electrons. The number of nitrogen functional groups attached to an aromatic ring is 1. The van der Waals surface area contributed by atoms with E-state index in [4.69, 9.17) is 5.73 Å². The fraction of sp³-hybridized carbons (Fsp3) is 0.471. The molecule has 3 nitrogen and oxygen atoms in total. The Hall–Kier alpha value is -1.77. The van der Waals surface area contributed by atoms with Gasteiger partial charge in [0, 0.05) is 18.2 Å². The van der Waals surface area contributed by atoms with Crippen molar-refractivity contribution in [3.63, 3.8) is 0 Å². The summed E-state index contributed by atoms with van der Waals surface area (Å²) >= 11 is 0. The summed E-state index contributed by atoms with van der Waals surface area (Å²) < 4.78 is 1.77. The van der Waals surface area contributed by atoms with Gasteiger partial charge in [-0.2, -0.15) is 5.10 Å². The van der Waals surface area contributed by atoms with Gasteiger partial charge in [0.1, 0.15) is 5.82 Å². The first-order chi connectivity index (χ1) is 9.21. The van der Waals surface area contributed by atoms with Gasteiger partial charge in [-0.15, -0.1) is 0 Å². The molecule has 20 heavy (non-hydrogen) atoms. The van der Waals surface area contributed by atoms with Gasteiger partial charge >= 0.3 is 0 Å². The summed E-state index contributed by atoms with van der Waals surface area (Å²) in [6, 6.07) is 8.66. The second-order valence-electron chi connectivity index (χ2n) is 6.75. The zero-order chi connectivity index (χ0) is 15.1. The first-order valence-electron chi connectivity index (χ1n) is 7.15. The summed E-state index contributed by atoms with van der Waals surface area (Å²) in [4.78, 5) is 0. The number of rotatable bonds is 2. The van der Waals surface area contributed by atoms with Crippen molar-refractivity contribution >= 4 is 5.82 Å². The molecule has 0 aliphatic carbocycles. The number of benzene rings is 1. The summed E-state index contributed by atoms with van der Waals surface area (Å²) in [6.45, 7) is 11.0. The van der Waals surface area contributed by atoms with E-state index in [1.54, 1.807) is 4.68 Å². The molecule has 0 atom stereocenters. The van der Waals surface area contributed by atoms with Crippen molar-refractivity contribution in [1.29, 1.82) is 0 Å². The first-order valence-corrected chi connectivity index (χ1v) is 7.15. The lowest BCUT2D eigenvalue weighted by Gasteiger charge is -2.19. The van der Waals surface area contributed by atoms with E-state index in [1.807, 2.05) is 7.05 Å². The minimum atomic E-state index is 0.169.